The summed E-state index contributed by atoms with van der Waals surface area (Å²) in [6.07, 6.45) is 0.307. The number of carbonyl (C=O) groups is 6. The molecular weight excluding hydrogens is 570 g/mol. The number of rotatable bonds is 15. The minimum absolute atomic E-state index is 0.00174. The molecule has 0 bridgehead atoms. The Kier molecular flexibility index (Phi) is 13.8. The summed E-state index contributed by atoms with van der Waals surface area (Å²) < 4.78 is 30.3. The molecule has 0 unspecified atom stereocenters. The second kappa shape index (κ2) is 17.8. The Morgan fingerprint density at radius 2 is 0.953 bits per heavy atom. The van der Waals surface area contributed by atoms with Crippen LogP contribution in [0.1, 0.15) is 0 Å². The van der Waals surface area contributed by atoms with Crippen molar-refractivity contribution in [2.75, 3.05) is 39.5 Å². The minimum Gasteiger partial charge on any atom is -0.461 e. The number of amides is 3. The Labute approximate surface area is 245 Å². The second-order valence-electron chi connectivity index (χ2n) is 7.83. The average molecular weight is 600 g/mol. The molecule has 0 saturated carbocycles. The molecule has 0 aromatic heterocycles. The van der Waals surface area contributed by atoms with Crippen LogP contribution in [0.5, 0.6) is 17.2 Å². The van der Waals surface area contributed by atoms with Crippen molar-refractivity contribution in [2.24, 2.45) is 0 Å². The highest BCUT2D eigenvalue weighted by molar-refractivity contribution is 5.97. The van der Waals surface area contributed by atoms with Gasteiger partial charge in [0.25, 0.3) is 0 Å². The molecule has 2 rings (SSSR count). The zero-order valence-corrected chi connectivity index (χ0v) is 22.9. The average Bonchev–Trinajstić information content (AvgIpc) is 3.00. The van der Waals surface area contributed by atoms with Gasteiger partial charge in [-0.1, -0.05) is 19.7 Å². The predicted molar refractivity (Wildman–Crippen MR) is 149 cm³/mol. The Bertz CT molecular complexity index is 1390. The Balaban J connectivity index is 2.17. The van der Waals surface area contributed by atoms with Crippen LogP contribution in [0.15, 0.2) is 68.3 Å². The number of ether oxygens (including phenoxy) is 6. The summed E-state index contributed by atoms with van der Waals surface area (Å²) in [6, 6.07) is 6.92. The van der Waals surface area contributed by atoms with E-state index in [1.807, 2.05) is 0 Å². The Morgan fingerprint density at radius 1 is 0.558 bits per heavy atom. The molecular formula is C28H29N3O12. The maximum atomic E-state index is 12.4. The number of esters is 3. The van der Waals surface area contributed by atoms with Gasteiger partial charge in [0.2, 0.25) is 0 Å². The van der Waals surface area contributed by atoms with Crippen molar-refractivity contribution in [1.82, 2.24) is 16.0 Å². The van der Waals surface area contributed by atoms with Crippen LogP contribution >= 0.6 is 0 Å². The van der Waals surface area contributed by atoms with Gasteiger partial charge in [0, 0.05) is 29.0 Å². The molecule has 228 valence electrons. The van der Waals surface area contributed by atoms with Gasteiger partial charge in [-0.15, -0.1) is 0 Å². The van der Waals surface area contributed by atoms with Crippen molar-refractivity contribution < 1.29 is 57.2 Å². The normalized spacial score (nSPS) is 9.86. The molecule has 0 atom stereocenters. The van der Waals surface area contributed by atoms with Gasteiger partial charge >= 0.3 is 36.2 Å². The van der Waals surface area contributed by atoms with Crippen LogP contribution in [0.3, 0.4) is 0 Å². The Morgan fingerprint density at radius 3 is 1.37 bits per heavy atom. The van der Waals surface area contributed by atoms with Crippen LogP contribution < -0.4 is 30.2 Å². The summed E-state index contributed by atoms with van der Waals surface area (Å²) in [7, 11) is 0. The van der Waals surface area contributed by atoms with E-state index >= 15 is 0 Å². The lowest BCUT2D eigenvalue weighted by Gasteiger charge is -2.14. The predicted octanol–water partition coefficient (Wildman–Crippen LogP) is 2.29. The largest absolute Gasteiger partial charge is 0.461 e. The molecule has 15 heteroatoms. The molecule has 3 amide bonds. The molecule has 0 aliphatic carbocycles. The molecule has 0 radical (unpaired) electrons. The van der Waals surface area contributed by atoms with Crippen LogP contribution in [0, 0.1) is 0 Å². The maximum Gasteiger partial charge on any atom is 0.412 e. The quantitative estimate of drug-likeness (QED) is 0.117. The van der Waals surface area contributed by atoms with Gasteiger partial charge in [-0.25, -0.2) is 28.8 Å². The van der Waals surface area contributed by atoms with E-state index in [0.29, 0.717) is 5.39 Å². The summed E-state index contributed by atoms with van der Waals surface area (Å²) in [5, 5.41) is 7.71. The summed E-state index contributed by atoms with van der Waals surface area (Å²) in [4.78, 5) is 70.2. The van der Waals surface area contributed by atoms with Crippen molar-refractivity contribution in [1.29, 1.82) is 0 Å². The highest BCUT2D eigenvalue weighted by Gasteiger charge is 2.16. The fraction of sp³-hybridized carbons (Fsp3) is 0.214. The lowest BCUT2D eigenvalue weighted by atomic mass is 10.1. The first-order chi connectivity index (χ1) is 20.7. The van der Waals surface area contributed by atoms with Crippen LogP contribution in [-0.4, -0.2) is 75.6 Å². The van der Waals surface area contributed by atoms with E-state index in [1.54, 1.807) is 0 Å². The number of hydrogen-bond donors (Lipinski definition) is 3. The van der Waals surface area contributed by atoms with E-state index < -0.39 is 36.2 Å². The van der Waals surface area contributed by atoms with Gasteiger partial charge in [-0.2, -0.15) is 0 Å². The first kappa shape index (κ1) is 33.3. The van der Waals surface area contributed by atoms with E-state index in [2.05, 4.69) is 35.7 Å². The van der Waals surface area contributed by atoms with Crippen LogP contribution in [0.4, 0.5) is 14.4 Å². The molecule has 0 spiro atoms. The van der Waals surface area contributed by atoms with Gasteiger partial charge in [-0.3, -0.25) is 0 Å². The number of fused-ring (bicyclic) bond motifs is 1. The van der Waals surface area contributed by atoms with Gasteiger partial charge in [0.05, 0.1) is 19.6 Å². The van der Waals surface area contributed by atoms with Gasteiger partial charge in [-0.05, 0) is 30.3 Å². The summed E-state index contributed by atoms with van der Waals surface area (Å²) >= 11 is 0. The van der Waals surface area contributed by atoms with E-state index in [4.69, 9.17) is 28.4 Å². The topological polar surface area (TPSA) is 194 Å². The zero-order chi connectivity index (χ0) is 31.6. The SMILES string of the molecule is C=CC(=O)OCCNC(=O)Oc1ccc2c(OC(=O)NCCOC(=O)C=C)ccc(OC(=O)NCCOC(=O)C=C)c2c1. The number of nitrogens with one attached hydrogen (secondary N) is 3. The third kappa shape index (κ3) is 12.0. The molecule has 0 heterocycles. The summed E-state index contributed by atoms with van der Waals surface area (Å²) in [5.41, 5.74) is 0. The second-order valence-corrected chi connectivity index (χ2v) is 7.83. The Hall–Kier alpha value is -5.86. The zero-order valence-electron chi connectivity index (χ0n) is 22.9. The standard InChI is InChI=1S/C28H29N3O12/c1-4-23(32)38-14-11-29-26(35)41-18-7-8-19-20(17-18)22(43-28(37)31-13-16-40-25(34)6-3)10-9-21(19)42-27(36)30-12-15-39-24(33)5-2/h4-10,17H,1-3,11-16H2,(H,29,35)(H,30,36)(H,31,37). The molecule has 15 nitrogen and oxygen atoms in total. The van der Waals surface area contributed by atoms with E-state index in [0.717, 1.165) is 18.2 Å². The van der Waals surface area contributed by atoms with E-state index in [9.17, 15) is 28.8 Å². The first-order valence-corrected chi connectivity index (χ1v) is 12.5. The third-order valence-electron chi connectivity index (χ3n) is 4.87. The summed E-state index contributed by atoms with van der Waals surface area (Å²) in [5.74, 6) is -1.88. The van der Waals surface area contributed by atoms with Crippen LogP contribution in [0.25, 0.3) is 10.8 Å². The molecule has 0 saturated heterocycles. The lowest BCUT2D eigenvalue weighted by Crippen LogP contribution is -2.31. The van der Waals surface area contributed by atoms with Crippen molar-refractivity contribution >= 4 is 47.0 Å². The third-order valence-corrected chi connectivity index (χ3v) is 4.87. The van der Waals surface area contributed by atoms with Crippen molar-refractivity contribution in [2.45, 2.75) is 0 Å². The number of carbonyl (C=O) groups excluding carboxylic acids is 6. The number of benzene rings is 2. The minimum atomic E-state index is -0.894. The highest BCUT2D eigenvalue weighted by Crippen LogP contribution is 2.36. The fourth-order valence-electron chi connectivity index (χ4n) is 3.02. The molecule has 0 fully saturated rings. The maximum absolute atomic E-state index is 12.4. The first-order valence-electron chi connectivity index (χ1n) is 12.5. The lowest BCUT2D eigenvalue weighted by molar-refractivity contribution is -0.138. The van der Waals surface area contributed by atoms with Crippen molar-refractivity contribution in [3.63, 3.8) is 0 Å². The highest BCUT2D eigenvalue weighted by atomic mass is 16.6. The molecule has 2 aromatic rings. The fourth-order valence-corrected chi connectivity index (χ4v) is 3.02. The van der Waals surface area contributed by atoms with E-state index in [1.165, 1.54) is 30.3 Å². The van der Waals surface area contributed by atoms with Crippen LogP contribution in [0.2, 0.25) is 0 Å². The monoisotopic (exact) mass is 599 g/mol. The van der Waals surface area contributed by atoms with Gasteiger partial charge in [0.15, 0.2) is 0 Å². The van der Waals surface area contributed by atoms with Gasteiger partial charge < -0.3 is 44.4 Å². The van der Waals surface area contributed by atoms with Crippen molar-refractivity contribution in [3.05, 3.63) is 68.3 Å². The molecule has 0 aliphatic heterocycles. The molecule has 2 aromatic carbocycles. The molecule has 43 heavy (non-hydrogen) atoms. The number of hydrogen-bond acceptors (Lipinski definition) is 12. The van der Waals surface area contributed by atoms with Crippen molar-refractivity contribution in [3.8, 4) is 17.2 Å². The van der Waals surface area contributed by atoms with Gasteiger partial charge in [0.1, 0.15) is 37.1 Å². The van der Waals surface area contributed by atoms with E-state index in [-0.39, 0.29) is 62.1 Å². The van der Waals surface area contributed by atoms with Crippen LogP contribution in [-0.2, 0) is 28.6 Å². The molecule has 3 N–H and O–H groups in total. The smallest absolute Gasteiger partial charge is 0.412 e. The summed E-state index contributed by atoms with van der Waals surface area (Å²) in [6.45, 7) is 9.29. The molecule has 0 aliphatic rings.